The maximum absolute atomic E-state index is 10.4. The third kappa shape index (κ3) is 4.98. The molecule has 0 spiro atoms. The van der Waals surface area contributed by atoms with Gasteiger partial charge in [-0.1, -0.05) is 0 Å². The van der Waals surface area contributed by atoms with E-state index in [-0.39, 0.29) is 0 Å². The Kier molecular flexibility index (Phi) is 2.71. The first-order chi connectivity index (χ1) is 2.56. The molecule has 0 aliphatic heterocycles. The topological polar surface area (TPSA) is 34.1 Å². The molecule has 2 nitrogen and oxygen atoms in total. The zero-order chi connectivity index (χ0) is 5.21. The van der Waals surface area contributed by atoms with Crippen LogP contribution in [0.15, 0.2) is 0 Å². The van der Waals surface area contributed by atoms with Crippen molar-refractivity contribution in [3.05, 3.63) is 0 Å². The van der Waals surface area contributed by atoms with Crippen LogP contribution in [0.25, 0.3) is 0 Å². The molecule has 0 amide bonds. The van der Waals surface area contributed by atoms with E-state index in [4.69, 9.17) is 0 Å². The monoisotopic (exact) mass is 258 g/mol. The Hall–Kier alpha value is 0.977. The molecule has 38 valence electrons. The van der Waals surface area contributed by atoms with E-state index in [1.54, 1.807) is 10.6 Å². The van der Waals surface area contributed by atoms with Crippen molar-refractivity contribution in [2.75, 3.05) is 0 Å². The Balaban J connectivity index is 3.81. The van der Waals surface area contributed by atoms with Gasteiger partial charge in [-0.3, -0.25) is 0 Å². The Morgan fingerprint density at radius 1 is 1.50 bits per heavy atom. The molecule has 0 fully saturated rings. The van der Waals surface area contributed by atoms with Crippen LogP contribution in [0.4, 0.5) is 0 Å². The summed E-state index contributed by atoms with van der Waals surface area (Å²) in [6, 6.07) is 0. The fourth-order valence-electron chi connectivity index (χ4n) is 0. The van der Waals surface area contributed by atoms with Crippen LogP contribution in [-0.2, 0) is 35.4 Å². The molecule has 6 heavy (non-hydrogen) atoms. The summed E-state index contributed by atoms with van der Waals surface area (Å²) in [5, 5.41) is 3.25. The van der Waals surface area contributed by atoms with Crippen molar-refractivity contribution < 1.29 is 35.4 Å². The first kappa shape index (κ1) is 6.98. The minimum absolute atomic E-state index is 1.30. The Morgan fingerprint density at radius 3 is 1.67 bits per heavy atom. The zero-order valence-electron chi connectivity index (χ0n) is 3.63. The van der Waals surface area contributed by atoms with E-state index in [1.807, 2.05) is 0 Å². The Labute approximate surface area is 45.9 Å². The van der Waals surface area contributed by atoms with Gasteiger partial charge in [-0.25, -0.2) is 0 Å². The average Bonchev–Trinajstić information content (AvgIpc) is 1.35. The van der Waals surface area contributed by atoms with E-state index in [0.717, 1.165) is 0 Å². The molecule has 0 aromatic rings. The van der Waals surface area contributed by atoms with Crippen molar-refractivity contribution in [2.24, 2.45) is 0 Å². The number of hydrogen-bond donors (Lipinski definition) is 0. The van der Waals surface area contributed by atoms with Gasteiger partial charge in [0.15, 0.2) is 0 Å². The van der Waals surface area contributed by atoms with Crippen LogP contribution < -0.4 is 0 Å². The molecule has 0 aromatic carbocycles. The normalized spacial score (nSPS) is 11.0. The van der Waals surface area contributed by atoms with Gasteiger partial charge in [-0.05, 0) is 0 Å². The van der Waals surface area contributed by atoms with Crippen molar-refractivity contribution >= 4 is 0 Å². The fraction of sp³-hybridized carbons (Fsp3) is 1.00. The van der Waals surface area contributed by atoms with Crippen LogP contribution in [-0.4, -0.2) is 0 Å². The van der Waals surface area contributed by atoms with Crippen LogP contribution in [0.1, 0.15) is 0 Å². The standard InChI is InChI=1S/2CH3.2Mo.2O/h2*1H3;;;;. The van der Waals surface area contributed by atoms with E-state index in [1.165, 1.54) is 0 Å². The molecular formula is C2H6Mo2O2. The Morgan fingerprint density at radius 2 is 1.67 bits per heavy atom. The summed E-state index contributed by atoms with van der Waals surface area (Å²) in [7, 11) is 0. The summed E-state index contributed by atoms with van der Waals surface area (Å²) in [6.07, 6.45) is 0. The molecule has 0 aliphatic carbocycles. The second kappa shape index (κ2) is 2.33. The molecule has 4 heteroatoms. The average molecular weight is 254 g/mol. The third-order valence-electron chi connectivity index (χ3n) is 0.164. The molecule has 0 unspecified atom stereocenters. The number of rotatable bonds is 1. The van der Waals surface area contributed by atoms with E-state index >= 15 is 0 Å². The van der Waals surface area contributed by atoms with Crippen LogP contribution in [0, 0.1) is 0 Å². The van der Waals surface area contributed by atoms with Crippen LogP contribution in [0.3, 0.4) is 0 Å². The van der Waals surface area contributed by atoms with Gasteiger partial charge < -0.3 is 0 Å². The first-order valence-corrected chi connectivity index (χ1v) is 12.6. The number of hydrogen-bond acceptors (Lipinski definition) is 2. The molecule has 0 saturated carbocycles. The summed E-state index contributed by atoms with van der Waals surface area (Å²) in [5.41, 5.74) is 0. The molecule has 0 saturated heterocycles. The van der Waals surface area contributed by atoms with Gasteiger partial charge in [0.1, 0.15) is 0 Å². The van der Waals surface area contributed by atoms with Gasteiger partial charge in [-0.2, -0.15) is 0 Å². The van der Waals surface area contributed by atoms with Gasteiger partial charge in [0, 0.05) is 0 Å². The second-order valence-corrected chi connectivity index (χ2v) is 20.8. The first-order valence-electron chi connectivity index (χ1n) is 1.32. The minimum atomic E-state index is -2.74. The maximum atomic E-state index is 10.4. The predicted octanol–water partition coefficient (Wildman–Crippen LogP) is 0.925. The molecule has 0 radical (unpaired) electrons. The Bertz CT molecular complexity index is 91.7. The van der Waals surface area contributed by atoms with E-state index in [9.17, 15) is 6.80 Å². The SMILES string of the molecule is [CH3][Mo]([CH3])(=[O])[Mo]=[O]. The molecule has 0 N–H and O–H groups in total. The van der Waals surface area contributed by atoms with Gasteiger partial charge in [-0.15, -0.1) is 0 Å². The third-order valence-corrected chi connectivity index (χ3v) is 5.74. The summed E-state index contributed by atoms with van der Waals surface area (Å²) in [4.78, 5) is 0. The molecule has 0 heterocycles. The fourth-order valence-corrected chi connectivity index (χ4v) is 0. The van der Waals surface area contributed by atoms with E-state index < -0.39 is 28.6 Å². The van der Waals surface area contributed by atoms with Crippen molar-refractivity contribution in [1.29, 1.82) is 0 Å². The summed E-state index contributed by atoms with van der Waals surface area (Å²) in [6.45, 7) is 0. The summed E-state index contributed by atoms with van der Waals surface area (Å²) < 4.78 is 20.3. The van der Waals surface area contributed by atoms with Crippen molar-refractivity contribution in [3.8, 4) is 0 Å². The molecular weight excluding hydrogens is 248 g/mol. The van der Waals surface area contributed by atoms with Crippen molar-refractivity contribution in [3.63, 3.8) is 0 Å². The molecule has 0 rings (SSSR count). The molecule has 0 aromatic heterocycles. The summed E-state index contributed by atoms with van der Waals surface area (Å²) in [5.74, 6) is 0. The van der Waals surface area contributed by atoms with E-state index in [2.05, 4.69) is 0 Å². The van der Waals surface area contributed by atoms with Crippen molar-refractivity contribution in [1.82, 2.24) is 0 Å². The van der Waals surface area contributed by atoms with Gasteiger partial charge in [0.2, 0.25) is 0 Å². The van der Waals surface area contributed by atoms with Gasteiger partial charge in [0.25, 0.3) is 0 Å². The van der Waals surface area contributed by atoms with Gasteiger partial charge in [0.05, 0.1) is 0 Å². The molecule has 0 atom stereocenters. The second-order valence-electron chi connectivity index (χ2n) is 1.21. The summed E-state index contributed by atoms with van der Waals surface area (Å²) >= 11 is -4.04. The van der Waals surface area contributed by atoms with E-state index in [0.29, 0.717) is 0 Å². The quantitative estimate of drug-likeness (QED) is 0.652. The van der Waals surface area contributed by atoms with Gasteiger partial charge >= 0.3 is 46.0 Å². The predicted molar refractivity (Wildman–Crippen MR) is 13.1 cm³/mol. The molecule has 0 aliphatic rings. The van der Waals surface area contributed by atoms with Crippen LogP contribution in [0.2, 0.25) is 10.6 Å². The van der Waals surface area contributed by atoms with Crippen molar-refractivity contribution in [2.45, 2.75) is 10.6 Å². The zero-order valence-corrected chi connectivity index (χ0v) is 7.65. The van der Waals surface area contributed by atoms with Crippen LogP contribution >= 0.6 is 0 Å². The van der Waals surface area contributed by atoms with Crippen LogP contribution in [0.5, 0.6) is 0 Å². The molecule has 0 bridgehead atoms.